The second kappa shape index (κ2) is 6.62. The van der Waals surface area contributed by atoms with Crippen molar-refractivity contribution in [2.45, 2.75) is 45.7 Å². The first-order valence-electron chi connectivity index (χ1n) is 7.31. The molecule has 2 nitrogen and oxygen atoms in total. The van der Waals surface area contributed by atoms with E-state index in [4.69, 9.17) is 11.6 Å². The number of hydrogen-bond acceptors (Lipinski definition) is 2. The number of anilines is 1. The van der Waals surface area contributed by atoms with Crippen LogP contribution in [0.2, 0.25) is 5.02 Å². The zero-order valence-electron chi connectivity index (χ0n) is 12.2. The van der Waals surface area contributed by atoms with Gasteiger partial charge < -0.3 is 10.2 Å². The summed E-state index contributed by atoms with van der Waals surface area (Å²) >= 11 is 6.37. The number of benzene rings is 1. The molecule has 1 aromatic rings. The van der Waals surface area contributed by atoms with Crippen LogP contribution in [-0.2, 0) is 6.54 Å². The summed E-state index contributed by atoms with van der Waals surface area (Å²) in [5.74, 6) is 0.750. The van der Waals surface area contributed by atoms with Gasteiger partial charge in [0.05, 0.1) is 0 Å². The molecule has 1 N–H and O–H groups in total. The molecule has 2 rings (SSSR count). The molecule has 1 aromatic carbocycles. The Balaban J connectivity index is 2.10. The second-order valence-electron chi connectivity index (χ2n) is 5.91. The molecule has 1 saturated carbocycles. The molecule has 0 unspecified atom stereocenters. The highest BCUT2D eigenvalue weighted by Crippen LogP contribution is 2.34. The molecule has 1 aliphatic rings. The van der Waals surface area contributed by atoms with Gasteiger partial charge in [0.15, 0.2) is 0 Å². The molecule has 106 valence electrons. The van der Waals surface area contributed by atoms with E-state index in [1.54, 1.807) is 0 Å². The molecule has 1 aliphatic carbocycles. The predicted octanol–water partition coefficient (Wildman–Crippen LogP) is 4.07. The van der Waals surface area contributed by atoms with Gasteiger partial charge in [0.25, 0.3) is 0 Å². The maximum absolute atomic E-state index is 6.37. The van der Waals surface area contributed by atoms with Gasteiger partial charge in [-0.05, 0) is 49.9 Å². The second-order valence-corrected chi connectivity index (χ2v) is 6.32. The molecule has 0 atom stereocenters. The van der Waals surface area contributed by atoms with E-state index >= 15 is 0 Å². The smallest absolute Gasteiger partial charge is 0.0471 e. The minimum absolute atomic E-state index is 0.741. The van der Waals surface area contributed by atoms with Crippen LogP contribution >= 0.6 is 11.6 Å². The number of hydrogen-bond donors (Lipinski definition) is 1. The van der Waals surface area contributed by atoms with E-state index in [2.05, 4.69) is 42.3 Å². The summed E-state index contributed by atoms with van der Waals surface area (Å²) in [5, 5.41) is 4.03. The van der Waals surface area contributed by atoms with E-state index in [1.165, 1.54) is 30.5 Å². The Morgan fingerprint density at radius 1 is 1.37 bits per heavy atom. The van der Waals surface area contributed by atoms with Crippen molar-refractivity contribution < 1.29 is 0 Å². The molecule has 0 amide bonds. The molecule has 0 radical (unpaired) electrons. The minimum atomic E-state index is 0.741. The highest BCUT2D eigenvalue weighted by molar-refractivity contribution is 6.31. The van der Waals surface area contributed by atoms with Crippen LogP contribution in [-0.4, -0.2) is 19.6 Å². The minimum Gasteiger partial charge on any atom is -0.368 e. The molecule has 0 aromatic heterocycles. The molecule has 3 heteroatoms. The highest BCUT2D eigenvalue weighted by Gasteiger charge is 2.29. The fourth-order valence-electron chi connectivity index (χ4n) is 2.35. The molecule has 0 saturated heterocycles. The molecular formula is C16H25ClN2. The zero-order valence-corrected chi connectivity index (χ0v) is 13.0. The van der Waals surface area contributed by atoms with Gasteiger partial charge in [0, 0.05) is 29.8 Å². The molecule has 0 aliphatic heterocycles. The van der Waals surface area contributed by atoms with Crippen molar-refractivity contribution in [3.8, 4) is 0 Å². The average Bonchev–Trinajstić information content (AvgIpc) is 3.17. The van der Waals surface area contributed by atoms with E-state index in [0.29, 0.717) is 0 Å². The average molecular weight is 281 g/mol. The van der Waals surface area contributed by atoms with Gasteiger partial charge in [-0.15, -0.1) is 0 Å². The summed E-state index contributed by atoms with van der Waals surface area (Å²) in [6.45, 7) is 6.54. The van der Waals surface area contributed by atoms with Gasteiger partial charge in [-0.1, -0.05) is 31.5 Å². The lowest BCUT2D eigenvalue weighted by Gasteiger charge is -2.26. The van der Waals surface area contributed by atoms with Crippen LogP contribution in [0.3, 0.4) is 0 Å². The predicted molar refractivity (Wildman–Crippen MR) is 84.0 cm³/mol. The zero-order chi connectivity index (χ0) is 13.8. The summed E-state index contributed by atoms with van der Waals surface area (Å²) < 4.78 is 0. The Labute approximate surface area is 122 Å². The van der Waals surface area contributed by atoms with Crippen molar-refractivity contribution in [2.75, 3.05) is 18.5 Å². The Kier molecular flexibility index (Phi) is 5.12. The molecule has 0 bridgehead atoms. The first kappa shape index (κ1) is 14.7. The third kappa shape index (κ3) is 4.12. The third-order valence-electron chi connectivity index (χ3n) is 3.67. The lowest BCUT2D eigenvalue weighted by atomic mass is 10.1. The summed E-state index contributed by atoms with van der Waals surface area (Å²) in [6, 6.07) is 7.24. The van der Waals surface area contributed by atoms with E-state index in [-0.39, 0.29) is 0 Å². The number of nitrogens with one attached hydrogen (secondary N) is 1. The van der Waals surface area contributed by atoms with E-state index in [0.717, 1.165) is 30.1 Å². The Hall–Kier alpha value is -0.730. The fourth-order valence-corrected chi connectivity index (χ4v) is 2.60. The number of rotatable bonds is 7. The van der Waals surface area contributed by atoms with Crippen molar-refractivity contribution in [2.24, 2.45) is 5.92 Å². The Bertz CT molecular complexity index is 413. The van der Waals surface area contributed by atoms with Crippen LogP contribution in [0.4, 0.5) is 5.69 Å². The monoisotopic (exact) mass is 280 g/mol. The molecule has 0 heterocycles. The number of nitrogens with zero attached hydrogens (tertiary/aromatic N) is 1. The van der Waals surface area contributed by atoms with Crippen LogP contribution in [0, 0.1) is 5.92 Å². The van der Waals surface area contributed by atoms with E-state index < -0.39 is 0 Å². The molecular weight excluding hydrogens is 256 g/mol. The summed E-state index contributed by atoms with van der Waals surface area (Å²) in [6.07, 6.45) is 3.90. The normalized spacial score (nSPS) is 15.0. The quantitative estimate of drug-likeness (QED) is 0.810. The molecule has 1 fully saturated rings. The van der Waals surface area contributed by atoms with Crippen LogP contribution < -0.4 is 10.2 Å². The van der Waals surface area contributed by atoms with Gasteiger partial charge in [-0.3, -0.25) is 0 Å². The Morgan fingerprint density at radius 2 is 2.11 bits per heavy atom. The van der Waals surface area contributed by atoms with Crippen LogP contribution in [0.15, 0.2) is 18.2 Å². The lowest BCUT2D eigenvalue weighted by molar-refractivity contribution is 0.571. The largest absolute Gasteiger partial charge is 0.368 e. The fraction of sp³-hybridized carbons (Fsp3) is 0.625. The topological polar surface area (TPSA) is 15.3 Å². The summed E-state index contributed by atoms with van der Waals surface area (Å²) in [5.41, 5.74) is 2.46. The van der Waals surface area contributed by atoms with Crippen molar-refractivity contribution in [3.05, 3.63) is 28.8 Å². The highest BCUT2D eigenvalue weighted by atomic mass is 35.5. The maximum atomic E-state index is 6.37. The van der Waals surface area contributed by atoms with Gasteiger partial charge in [-0.25, -0.2) is 0 Å². The maximum Gasteiger partial charge on any atom is 0.0471 e. The van der Waals surface area contributed by atoms with E-state index in [1.807, 2.05) is 7.05 Å². The van der Waals surface area contributed by atoms with Crippen molar-refractivity contribution >= 4 is 17.3 Å². The Morgan fingerprint density at radius 3 is 2.63 bits per heavy atom. The third-order valence-corrected chi connectivity index (χ3v) is 4.02. The van der Waals surface area contributed by atoms with Gasteiger partial charge in [0.2, 0.25) is 0 Å². The van der Waals surface area contributed by atoms with Crippen molar-refractivity contribution in [3.63, 3.8) is 0 Å². The van der Waals surface area contributed by atoms with Crippen LogP contribution in [0.1, 0.15) is 38.7 Å². The van der Waals surface area contributed by atoms with Crippen LogP contribution in [0.25, 0.3) is 0 Å². The van der Waals surface area contributed by atoms with E-state index in [9.17, 15) is 0 Å². The van der Waals surface area contributed by atoms with Gasteiger partial charge in [-0.2, -0.15) is 0 Å². The molecule has 19 heavy (non-hydrogen) atoms. The van der Waals surface area contributed by atoms with Gasteiger partial charge >= 0.3 is 0 Å². The molecule has 0 spiro atoms. The number of halogens is 1. The standard InChI is InChI=1S/C16H25ClN2/c1-12(2)8-9-19(14-6-7-14)15-5-4-13(11-18-3)16(17)10-15/h4-5,10,12,14,18H,6-9,11H2,1-3H3. The first-order chi connectivity index (χ1) is 9.11. The SMILES string of the molecule is CNCc1ccc(N(CCC(C)C)C2CC2)cc1Cl. The first-order valence-corrected chi connectivity index (χ1v) is 7.69. The van der Waals surface area contributed by atoms with Crippen LogP contribution in [0.5, 0.6) is 0 Å². The van der Waals surface area contributed by atoms with Crippen molar-refractivity contribution in [1.82, 2.24) is 5.32 Å². The van der Waals surface area contributed by atoms with Gasteiger partial charge in [0.1, 0.15) is 0 Å². The summed E-state index contributed by atoms with van der Waals surface area (Å²) in [4.78, 5) is 2.54. The van der Waals surface area contributed by atoms with Crippen molar-refractivity contribution in [1.29, 1.82) is 0 Å². The lowest BCUT2D eigenvalue weighted by Crippen LogP contribution is -2.27. The summed E-state index contributed by atoms with van der Waals surface area (Å²) in [7, 11) is 1.95.